The molecule has 1 heterocycles. The van der Waals surface area contributed by atoms with E-state index in [9.17, 15) is 0 Å². The van der Waals surface area contributed by atoms with Gasteiger partial charge in [0.15, 0.2) is 0 Å². The highest BCUT2D eigenvalue weighted by Gasteiger charge is 2.06. The van der Waals surface area contributed by atoms with E-state index in [1.54, 1.807) is 0 Å². The van der Waals surface area contributed by atoms with Crippen molar-refractivity contribution in [1.29, 1.82) is 0 Å². The number of aryl methyl sites for hydroxylation is 2. The summed E-state index contributed by atoms with van der Waals surface area (Å²) < 4.78 is 0. The zero-order chi connectivity index (χ0) is 13.9. The van der Waals surface area contributed by atoms with Crippen LogP contribution in [0.15, 0.2) is 66.9 Å². The molecule has 20 heavy (non-hydrogen) atoms. The van der Waals surface area contributed by atoms with Gasteiger partial charge in [-0.15, -0.1) is 0 Å². The van der Waals surface area contributed by atoms with Crippen LogP contribution in [0.3, 0.4) is 0 Å². The third-order valence-corrected chi connectivity index (χ3v) is 3.59. The lowest BCUT2D eigenvalue weighted by Crippen LogP contribution is -1.89. The second-order valence-electron chi connectivity index (χ2n) is 5.06. The Balaban J connectivity index is 2.13. The van der Waals surface area contributed by atoms with Gasteiger partial charge >= 0.3 is 0 Å². The van der Waals surface area contributed by atoms with Gasteiger partial charge in [0.1, 0.15) is 0 Å². The van der Waals surface area contributed by atoms with E-state index in [0.717, 1.165) is 11.3 Å². The number of rotatable bonds is 2. The molecular formula is C19H17N. The van der Waals surface area contributed by atoms with Crippen molar-refractivity contribution in [1.82, 2.24) is 4.98 Å². The topological polar surface area (TPSA) is 12.9 Å². The minimum Gasteiger partial charge on any atom is -0.256 e. The number of hydrogen-bond donors (Lipinski definition) is 0. The summed E-state index contributed by atoms with van der Waals surface area (Å²) in [5.41, 5.74) is 7.37. The van der Waals surface area contributed by atoms with Crippen molar-refractivity contribution in [2.75, 3.05) is 0 Å². The first kappa shape index (κ1) is 12.6. The molecule has 1 heteroatoms. The van der Waals surface area contributed by atoms with Crippen LogP contribution in [-0.2, 0) is 0 Å². The number of nitrogens with zero attached hydrogens (tertiary/aromatic N) is 1. The highest BCUT2D eigenvalue weighted by Crippen LogP contribution is 2.30. The highest BCUT2D eigenvalue weighted by atomic mass is 14.7. The van der Waals surface area contributed by atoms with Gasteiger partial charge in [-0.1, -0.05) is 42.5 Å². The maximum atomic E-state index is 4.43. The van der Waals surface area contributed by atoms with Crippen molar-refractivity contribution >= 4 is 0 Å². The Hall–Kier alpha value is -2.41. The summed E-state index contributed by atoms with van der Waals surface area (Å²) >= 11 is 0. The van der Waals surface area contributed by atoms with Crippen molar-refractivity contribution in [2.24, 2.45) is 0 Å². The SMILES string of the molecule is Cc1cccc(C)c1-c1cccc(-c2ccccn2)c1. The van der Waals surface area contributed by atoms with Gasteiger partial charge in [-0.25, -0.2) is 0 Å². The molecular weight excluding hydrogens is 242 g/mol. The number of hydrogen-bond acceptors (Lipinski definition) is 1. The van der Waals surface area contributed by atoms with E-state index in [1.807, 2.05) is 24.4 Å². The van der Waals surface area contributed by atoms with Crippen LogP contribution in [0.2, 0.25) is 0 Å². The summed E-state index contributed by atoms with van der Waals surface area (Å²) in [5.74, 6) is 0. The maximum absolute atomic E-state index is 4.43. The molecule has 0 saturated carbocycles. The predicted octanol–water partition coefficient (Wildman–Crippen LogP) is 5.03. The lowest BCUT2D eigenvalue weighted by Gasteiger charge is -2.11. The van der Waals surface area contributed by atoms with E-state index in [0.29, 0.717) is 0 Å². The molecule has 0 fully saturated rings. The predicted molar refractivity (Wildman–Crippen MR) is 84.6 cm³/mol. The zero-order valence-electron chi connectivity index (χ0n) is 11.8. The second-order valence-corrected chi connectivity index (χ2v) is 5.06. The van der Waals surface area contributed by atoms with Gasteiger partial charge in [-0.3, -0.25) is 4.98 Å². The fraction of sp³-hybridized carbons (Fsp3) is 0.105. The summed E-state index contributed by atoms with van der Waals surface area (Å²) in [4.78, 5) is 4.43. The Kier molecular flexibility index (Phi) is 3.34. The van der Waals surface area contributed by atoms with Crippen LogP contribution >= 0.6 is 0 Å². The summed E-state index contributed by atoms with van der Waals surface area (Å²) in [6, 6.07) is 21.0. The van der Waals surface area contributed by atoms with Crippen LogP contribution in [0.25, 0.3) is 22.4 Å². The van der Waals surface area contributed by atoms with E-state index in [4.69, 9.17) is 0 Å². The van der Waals surface area contributed by atoms with Crippen molar-refractivity contribution in [2.45, 2.75) is 13.8 Å². The van der Waals surface area contributed by atoms with Crippen LogP contribution in [0.5, 0.6) is 0 Å². The number of aromatic nitrogens is 1. The van der Waals surface area contributed by atoms with Crippen molar-refractivity contribution in [3.8, 4) is 22.4 Å². The van der Waals surface area contributed by atoms with Crippen LogP contribution in [-0.4, -0.2) is 4.98 Å². The maximum Gasteiger partial charge on any atom is 0.0702 e. The smallest absolute Gasteiger partial charge is 0.0702 e. The standard InChI is InChI=1S/C19H17N/c1-14-7-5-8-15(2)19(14)17-10-6-9-16(13-17)18-11-3-4-12-20-18/h3-13H,1-2H3. The fourth-order valence-corrected chi connectivity index (χ4v) is 2.64. The minimum absolute atomic E-state index is 1.01. The van der Waals surface area contributed by atoms with Crippen LogP contribution in [0.1, 0.15) is 11.1 Å². The molecule has 98 valence electrons. The molecule has 0 aliphatic carbocycles. The summed E-state index contributed by atoms with van der Waals surface area (Å²) in [6.45, 7) is 4.32. The molecule has 3 rings (SSSR count). The van der Waals surface area contributed by atoms with E-state index in [-0.39, 0.29) is 0 Å². The van der Waals surface area contributed by atoms with Crippen molar-refractivity contribution < 1.29 is 0 Å². The average molecular weight is 259 g/mol. The molecule has 0 saturated heterocycles. The fourth-order valence-electron chi connectivity index (χ4n) is 2.64. The molecule has 0 spiro atoms. The Labute approximate surface area is 119 Å². The van der Waals surface area contributed by atoms with Gasteiger partial charge in [-0.2, -0.15) is 0 Å². The largest absolute Gasteiger partial charge is 0.256 e. The zero-order valence-corrected chi connectivity index (χ0v) is 11.8. The van der Waals surface area contributed by atoms with E-state index < -0.39 is 0 Å². The Morgan fingerprint density at radius 3 is 2.10 bits per heavy atom. The monoisotopic (exact) mass is 259 g/mol. The van der Waals surface area contributed by atoms with E-state index >= 15 is 0 Å². The molecule has 0 unspecified atom stereocenters. The molecule has 0 aliphatic rings. The molecule has 0 atom stereocenters. The van der Waals surface area contributed by atoms with Crippen molar-refractivity contribution in [3.63, 3.8) is 0 Å². The van der Waals surface area contributed by atoms with Gasteiger partial charge in [-0.05, 0) is 54.3 Å². The Morgan fingerprint density at radius 2 is 1.40 bits per heavy atom. The number of pyridine rings is 1. The molecule has 0 amide bonds. The average Bonchev–Trinajstić information content (AvgIpc) is 2.48. The quantitative estimate of drug-likeness (QED) is 0.628. The van der Waals surface area contributed by atoms with Gasteiger partial charge in [0, 0.05) is 11.8 Å². The molecule has 1 nitrogen and oxygen atoms in total. The lowest BCUT2D eigenvalue weighted by molar-refractivity contribution is 1.32. The minimum atomic E-state index is 1.01. The van der Waals surface area contributed by atoms with Crippen molar-refractivity contribution in [3.05, 3.63) is 78.0 Å². The van der Waals surface area contributed by atoms with E-state index in [1.165, 1.54) is 22.3 Å². The molecule has 0 N–H and O–H groups in total. The molecule has 2 aromatic carbocycles. The second kappa shape index (κ2) is 5.30. The van der Waals surface area contributed by atoms with Crippen LogP contribution < -0.4 is 0 Å². The third kappa shape index (κ3) is 2.35. The molecule has 1 aromatic heterocycles. The van der Waals surface area contributed by atoms with Gasteiger partial charge < -0.3 is 0 Å². The van der Waals surface area contributed by atoms with Gasteiger partial charge in [0.25, 0.3) is 0 Å². The first-order chi connectivity index (χ1) is 9.75. The highest BCUT2D eigenvalue weighted by molar-refractivity contribution is 5.75. The first-order valence-electron chi connectivity index (χ1n) is 6.84. The lowest BCUT2D eigenvalue weighted by atomic mass is 9.94. The molecule has 0 aliphatic heterocycles. The molecule has 3 aromatic rings. The Bertz CT molecular complexity index is 710. The first-order valence-corrected chi connectivity index (χ1v) is 6.84. The molecule has 0 bridgehead atoms. The summed E-state index contributed by atoms with van der Waals surface area (Å²) in [7, 11) is 0. The van der Waals surface area contributed by atoms with Crippen LogP contribution in [0.4, 0.5) is 0 Å². The van der Waals surface area contributed by atoms with E-state index in [2.05, 4.69) is 61.3 Å². The Morgan fingerprint density at radius 1 is 0.700 bits per heavy atom. The van der Waals surface area contributed by atoms with Crippen LogP contribution in [0, 0.1) is 13.8 Å². The molecule has 0 radical (unpaired) electrons. The van der Waals surface area contributed by atoms with Gasteiger partial charge in [0.2, 0.25) is 0 Å². The normalized spacial score (nSPS) is 10.5. The summed E-state index contributed by atoms with van der Waals surface area (Å²) in [6.07, 6.45) is 1.83. The number of benzene rings is 2. The third-order valence-electron chi connectivity index (χ3n) is 3.59. The summed E-state index contributed by atoms with van der Waals surface area (Å²) in [5, 5.41) is 0. The van der Waals surface area contributed by atoms with Gasteiger partial charge in [0.05, 0.1) is 5.69 Å².